The summed E-state index contributed by atoms with van der Waals surface area (Å²) in [6.45, 7) is 3.46. The lowest BCUT2D eigenvalue weighted by Crippen LogP contribution is -2.37. The van der Waals surface area contributed by atoms with Gasteiger partial charge in [0.05, 0.1) is 0 Å². The van der Waals surface area contributed by atoms with Crippen molar-refractivity contribution in [3.8, 4) is 0 Å². The van der Waals surface area contributed by atoms with Crippen molar-refractivity contribution in [1.29, 1.82) is 0 Å². The minimum absolute atomic E-state index is 0.216. The monoisotopic (exact) mass is 465 g/mol. The van der Waals surface area contributed by atoms with Gasteiger partial charge in [-0.1, -0.05) is 0 Å². The lowest BCUT2D eigenvalue weighted by molar-refractivity contribution is -0.150. The molecule has 0 bridgehead atoms. The van der Waals surface area contributed by atoms with E-state index in [9.17, 15) is 18.0 Å². The van der Waals surface area contributed by atoms with Crippen molar-refractivity contribution in [2.24, 2.45) is 16.5 Å². The molecule has 1 saturated heterocycles. The highest BCUT2D eigenvalue weighted by molar-refractivity contribution is 7.99. The zero-order valence-corrected chi connectivity index (χ0v) is 18.0. The van der Waals surface area contributed by atoms with Crippen LogP contribution in [-0.2, 0) is 4.79 Å². The number of carbonyl (C=O) groups is 1. The number of alkyl halides is 3. The molecule has 1 fully saturated rings. The van der Waals surface area contributed by atoms with Crippen LogP contribution in [0.1, 0.15) is 19.8 Å². The Hall–Kier alpha value is -3.28. The third-order valence-electron chi connectivity index (χ3n) is 4.19. The smallest absolute Gasteiger partial charge is 0.397 e. The molecule has 5 N–H and O–H groups in total. The molecule has 32 heavy (non-hydrogen) atoms. The van der Waals surface area contributed by atoms with Gasteiger partial charge in [-0.25, -0.2) is 15.0 Å². The van der Waals surface area contributed by atoms with E-state index in [2.05, 4.69) is 25.2 Å². The van der Waals surface area contributed by atoms with E-state index in [4.69, 9.17) is 11.5 Å². The summed E-state index contributed by atoms with van der Waals surface area (Å²) in [5, 5.41) is 2.66. The summed E-state index contributed by atoms with van der Waals surface area (Å²) in [4.78, 5) is 27.5. The largest absolute Gasteiger partial charge is 0.402 e. The molecule has 0 radical (unpaired) electrons. The predicted molar refractivity (Wildman–Crippen MR) is 118 cm³/mol. The van der Waals surface area contributed by atoms with Gasteiger partial charge in [0, 0.05) is 35.4 Å². The molecule has 0 atom stereocenters. The topological polar surface area (TPSA) is 123 Å². The molecular weight excluding hydrogens is 443 g/mol. The van der Waals surface area contributed by atoms with Crippen LogP contribution in [0.25, 0.3) is 0 Å². The molecule has 2 aromatic rings. The van der Waals surface area contributed by atoms with Crippen molar-refractivity contribution in [3.63, 3.8) is 0 Å². The summed E-state index contributed by atoms with van der Waals surface area (Å²) in [6, 6.07) is 8.09. The van der Waals surface area contributed by atoms with E-state index in [0.717, 1.165) is 30.2 Å². The van der Waals surface area contributed by atoms with Crippen LogP contribution in [0.3, 0.4) is 0 Å². The van der Waals surface area contributed by atoms with Crippen LogP contribution in [0.4, 0.5) is 30.5 Å². The maximum Gasteiger partial charge on any atom is 0.397 e. The average molecular weight is 466 g/mol. The zero-order valence-electron chi connectivity index (χ0n) is 17.2. The Labute approximate surface area is 187 Å². The summed E-state index contributed by atoms with van der Waals surface area (Å²) in [6.07, 6.45) is -3.49. The van der Waals surface area contributed by atoms with Crippen LogP contribution < -0.4 is 21.7 Å². The van der Waals surface area contributed by atoms with Crippen LogP contribution in [0.2, 0.25) is 0 Å². The van der Waals surface area contributed by atoms with Crippen molar-refractivity contribution in [3.05, 3.63) is 42.1 Å². The molecule has 8 nitrogen and oxygen atoms in total. The number of hydrogen-bond donors (Lipinski definition) is 3. The fourth-order valence-electron chi connectivity index (χ4n) is 2.71. The van der Waals surface area contributed by atoms with Gasteiger partial charge in [0.2, 0.25) is 5.91 Å². The first-order valence-corrected chi connectivity index (χ1v) is 10.5. The summed E-state index contributed by atoms with van der Waals surface area (Å²) in [5.74, 6) is 0.207. The van der Waals surface area contributed by atoms with Gasteiger partial charge < -0.3 is 21.7 Å². The van der Waals surface area contributed by atoms with Gasteiger partial charge in [-0.05, 0) is 55.4 Å². The molecule has 0 saturated carbocycles. The van der Waals surface area contributed by atoms with Crippen molar-refractivity contribution in [2.45, 2.75) is 36.0 Å². The quantitative estimate of drug-likeness (QED) is 0.324. The van der Waals surface area contributed by atoms with Crippen LogP contribution in [-0.4, -0.2) is 41.0 Å². The number of rotatable bonds is 7. The maximum atomic E-state index is 12.3. The van der Waals surface area contributed by atoms with Gasteiger partial charge in [-0.2, -0.15) is 13.2 Å². The number of carbonyl (C=O) groups excluding carboxylic acids is 1. The van der Waals surface area contributed by atoms with Crippen molar-refractivity contribution >= 4 is 40.8 Å². The first-order valence-electron chi connectivity index (χ1n) is 9.64. The number of amidine groups is 1. The van der Waals surface area contributed by atoms with E-state index in [1.807, 2.05) is 0 Å². The number of halogens is 3. The number of aromatic nitrogens is 2. The Morgan fingerprint density at radius 3 is 2.50 bits per heavy atom. The van der Waals surface area contributed by atoms with Crippen LogP contribution in [0, 0.1) is 0 Å². The zero-order chi connectivity index (χ0) is 23.3. The number of nitrogens with two attached hydrogens (primary N) is 2. The lowest BCUT2D eigenvalue weighted by atomic mass is 10.2. The van der Waals surface area contributed by atoms with E-state index >= 15 is 0 Å². The minimum Gasteiger partial charge on any atom is -0.402 e. The first-order chi connectivity index (χ1) is 15.1. The molecule has 3 rings (SSSR count). The highest BCUT2D eigenvalue weighted by Gasteiger charge is 2.31. The summed E-state index contributed by atoms with van der Waals surface area (Å²) < 4.78 is 36.9. The maximum absolute atomic E-state index is 12.3. The third-order valence-corrected chi connectivity index (χ3v) is 5.06. The Kier molecular flexibility index (Phi) is 7.23. The molecule has 12 heteroatoms. The van der Waals surface area contributed by atoms with E-state index < -0.39 is 18.5 Å². The van der Waals surface area contributed by atoms with Gasteiger partial charge >= 0.3 is 6.18 Å². The Balaban J connectivity index is 1.76. The van der Waals surface area contributed by atoms with E-state index in [0.29, 0.717) is 16.7 Å². The number of allylic oxidation sites excluding steroid dienone is 1. The number of anilines is 2. The van der Waals surface area contributed by atoms with Gasteiger partial charge in [-0.3, -0.25) is 4.79 Å². The summed E-state index contributed by atoms with van der Waals surface area (Å²) >= 11 is 1.25. The molecule has 0 spiro atoms. The minimum atomic E-state index is -4.55. The normalized spacial score (nSPS) is 14.8. The Morgan fingerprint density at radius 1 is 1.25 bits per heavy atom. The number of amides is 1. The molecule has 0 unspecified atom stereocenters. The molecule has 1 aliphatic rings. The highest BCUT2D eigenvalue weighted by atomic mass is 32.2. The third kappa shape index (κ3) is 7.15. The number of hydrogen-bond acceptors (Lipinski definition) is 7. The summed E-state index contributed by atoms with van der Waals surface area (Å²) in [7, 11) is 0. The SMILES string of the molecule is CC(N)=CC(N)=Nc1cc(N2CCC2)nc(Sc2ccc(NC(=O)CC(F)(F)F)cc2)n1. The van der Waals surface area contributed by atoms with Gasteiger partial charge in [0.25, 0.3) is 0 Å². The number of benzene rings is 1. The number of nitrogens with zero attached hydrogens (tertiary/aromatic N) is 4. The highest BCUT2D eigenvalue weighted by Crippen LogP contribution is 2.31. The fourth-order valence-corrected chi connectivity index (χ4v) is 3.47. The van der Waals surface area contributed by atoms with Crippen LogP contribution >= 0.6 is 11.8 Å². The molecule has 2 heterocycles. The second kappa shape index (κ2) is 9.90. The first kappa shape index (κ1) is 23.4. The molecule has 1 aliphatic heterocycles. The van der Waals surface area contributed by atoms with E-state index in [1.54, 1.807) is 25.1 Å². The standard InChI is InChI=1S/C20H22F3N7OS/c1-12(24)9-15(25)27-16-10-17(30-7-2-8-30)29-19(28-16)32-14-5-3-13(4-6-14)26-18(31)11-20(21,22)23/h3-6,9-10H,2,7-8,11,24H2,1H3,(H,26,31)(H2,25,27,28,29). The van der Waals surface area contributed by atoms with Gasteiger partial charge in [0.15, 0.2) is 11.0 Å². The van der Waals surface area contributed by atoms with Crippen molar-refractivity contribution in [1.82, 2.24) is 9.97 Å². The van der Waals surface area contributed by atoms with Gasteiger partial charge in [0.1, 0.15) is 18.1 Å². The second-order valence-electron chi connectivity index (χ2n) is 7.10. The van der Waals surface area contributed by atoms with Gasteiger partial charge in [-0.15, -0.1) is 0 Å². The fraction of sp³-hybridized carbons (Fsp3) is 0.300. The number of aliphatic imine (C=N–C) groups is 1. The van der Waals surface area contributed by atoms with E-state index in [-0.39, 0.29) is 11.5 Å². The molecule has 1 aromatic carbocycles. The number of nitrogens with one attached hydrogen (secondary N) is 1. The Bertz CT molecular complexity index is 1030. The Morgan fingerprint density at radius 2 is 1.94 bits per heavy atom. The van der Waals surface area contributed by atoms with Crippen molar-refractivity contribution in [2.75, 3.05) is 23.3 Å². The molecular formula is C20H22F3N7OS. The molecule has 1 aromatic heterocycles. The lowest BCUT2D eigenvalue weighted by Gasteiger charge is -2.32. The molecule has 0 aliphatic carbocycles. The summed E-state index contributed by atoms with van der Waals surface area (Å²) in [5.41, 5.74) is 12.3. The predicted octanol–water partition coefficient (Wildman–Crippen LogP) is 3.58. The van der Waals surface area contributed by atoms with Crippen molar-refractivity contribution < 1.29 is 18.0 Å². The van der Waals surface area contributed by atoms with Crippen LogP contribution in [0.5, 0.6) is 0 Å². The molecule has 170 valence electrons. The van der Waals surface area contributed by atoms with Crippen LogP contribution in [0.15, 0.2) is 57.1 Å². The molecule has 1 amide bonds. The second-order valence-corrected chi connectivity index (χ2v) is 8.14. The van der Waals surface area contributed by atoms with E-state index in [1.165, 1.54) is 30.0 Å². The average Bonchev–Trinajstić information content (AvgIpc) is 2.59.